The largest absolute Gasteiger partial charge is 0.121 e. The third kappa shape index (κ3) is 3.73. The van der Waals surface area contributed by atoms with Crippen LogP contribution in [0.5, 0.6) is 0 Å². The second kappa shape index (κ2) is 6.21. The number of halogens is 2. The quantitative estimate of drug-likeness (QED) is 0.248. The maximum absolute atomic E-state index is 8.04. The Morgan fingerprint density at radius 2 is 2.27 bits per heavy atom. The van der Waals surface area contributed by atoms with Crippen LogP contribution in [0.3, 0.4) is 0 Å². The minimum absolute atomic E-state index is 0.162. The van der Waals surface area contributed by atoms with Gasteiger partial charge in [-0.1, -0.05) is 28.6 Å². The SMILES string of the molecule is [N-]=[N+]=NCC#Cc1ccc(Cl)c(CCl)c1. The first-order chi connectivity index (χ1) is 7.27. The molecular weight excluding hydrogens is 233 g/mol. The smallest absolute Gasteiger partial charge is 0.0880 e. The van der Waals surface area contributed by atoms with Crippen LogP contribution in [0.25, 0.3) is 10.4 Å². The molecule has 0 heterocycles. The molecule has 1 rings (SSSR count). The lowest BCUT2D eigenvalue weighted by molar-refractivity contribution is 1.25. The number of rotatable bonds is 2. The van der Waals surface area contributed by atoms with Gasteiger partial charge in [0.15, 0.2) is 0 Å². The van der Waals surface area contributed by atoms with Crippen LogP contribution in [-0.4, -0.2) is 6.54 Å². The Labute approximate surface area is 97.6 Å². The molecule has 5 heteroatoms. The number of hydrogen-bond donors (Lipinski definition) is 0. The Balaban J connectivity index is 2.85. The van der Waals surface area contributed by atoms with Gasteiger partial charge >= 0.3 is 0 Å². The first-order valence-corrected chi connectivity index (χ1v) is 5.03. The van der Waals surface area contributed by atoms with Crippen LogP contribution in [0.15, 0.2) is 23.3 Å². The Bertz CT molecular complexity index is 453. The van der Waals surface area contributed by atoms with Gasteiger partial charge in [0.25, 0.3) is 0 Å². The first-order valence-electron chi connectivity index (χ1n) is 4.12. The zero-order chi connectivity index (χ0) is 11.1. The fraction of sp³-hybridized carbons (Fsp3) is 0.200. The highest BCUT2D eigenvalue weighted by Gasteiger charge is 1.98. The minimum atomic E-state index is 0.162. The molecule has 0 spiro atoms. The van der Waals surface area contributed by atoms with E-state index in [0.717, 1.165) is 11.1 Å². The van der Waals surface area contributed by atoms with Crippen molar-refractivity contribution < 1.29 is 0 Å². The van der Waals surface area contributed by atoms with E-state index >= 15 is 0 Å². The predicted octanol–water partition coefficient (Wildman–Crippen LogP) is 3.74. The second-order valence-electron chi connectivity index (χ2n) is 2.63. The van der Waals surface area contributed by atoms with E-state index in [1.807, 2.05) is 6.07 Å². The van der Waals surface area contributed by atoms with Gasteiger partial charge < -0.3 is 0 Å². The molecule has 1 aromatic rings. The van der Waals surface area contributed by atoms with Gasteiger partial charge in [0.05, 0.1) is 6.54 Å². The van der Waals surface area contributed by atoms with Gasteiger partial charge in [0.2, 0.25) is 0 Å². The number of hydrogen-bond acceptors (Lipinski definition) is 1. The Kier molecular flexibility index (Phi) is 4.86. The third-order valence-corrected chi connectivity index (χ3v) is 2.29. The highest BCUT2D eigenvalue weighted by atomic mass is 35.5. The standard InChI is InChI=1S/C10H7Cl2N3/c11-7-9-6-8(3-4-10(9)12)2-1-5-14-15-13/h3-4,6H,5,7H2. The summed E-state index contributed by atoms with van der Waals surface area (Å²) in [6.07, 6.45) is 0. The molecule has 1 aromatic carbocycles. The summed E-state index contributed by atoms with van der Waals surface area (Å²) < 4.78 is 0. The maximum atomic E-state index is 8.04. The molecule has 0 atom stereocenters. The zero-order valence-electron chi connectivity index (χ0n) is 7.74. The van der Waals surface area contributed by atoms with Crippen molar-refractivity contribution in [1.29, 1.82) is 0 Å². The molecule has 0 saturated carbocycles. The summed E-state index contributed by atoms with van der Waals surface area (Å²) in [6.45, 7) is 0.162. The van der Waals surface area contributed by atoms with Crippen molar-refractivity contribution in [2.24, 2.45) is 5.11 Å². The lowest BCUT2D eigenvalue weighted by Gasteiger charge is -1.99. The van der Waals surface area contributed by atoms with E-state index in [-0.39, 0.29) is 6.54 Å². The van der Waals surface area contributed by atoms with E-state index in [1.165, 1.54) is 0 Å². The van der Waals surface area contributed by atoms with Gasteiger partial charge in [-0.2, -0.15) is 0 Å². The Hall–Kier alpha value is -1.33. The number of azide groups is 1. The van der Waals surface area contributed by atoms with Gasteiger partial charge in [-0.05, 0) is 29.3 Å². The highest BCUT2D eigenvalue weighted by Crippen LogP contribution is 2.18. The van der Waals surface area contributed by atoms with Crippen LogP contribution in [0.4, 0.5) is 0 Å². The zero-order valence-corrected chi connectivity index (χ0v) is 9.26. The molecule has 0 fully saturated rings. The lowest BCUT2D eigenvalue weighted by Crippen LogP contribution is -1.83. The molecule has 0 aliphatic rings. The molecule has 0 bridgehead atoms. The van der Waals surface area contributed by atoms with E-state index in [4.69, 9.17) is 28.7 Å². The molecule has 15 heavy (non-hydrogen) atoms. The summed E-state index contributed by atoms with van der Waals surface area (Å²) in [5.74, 6) is 5.92. The summed E-state index contributed by atoms with van der Waals surface area (Å²) >= 11 is 11.6. The van der Waals surface area contributed by atoms with Crippen LogP contribution in [0.2, 0.25) is 5.02 Å². The van der Waals surface area contributed by atoms with Crippen molar-refractivity contribution in [2.75, 3.05) is 6.54 Å². The summed E-state index contributed by atoms with van der Waals surface area (Å²) in [6, 6.07) is 5.36. The number of nitrogens with zero attached hydrogens (tertiary/aromatic N) is 3. The average Bonchev–Trinajstić information content (AvgIpc) is 2.26. The summed E-state index contributed by atoms with van der Waals surface area (Å²) in [7, 11) is 0. The predicted molar refractivity (Wildman–Crippen MR) is 61.9 cm³/mol. The van der Waals surface area contributed by atoms with E-state index in [0.29, 0.717) is 10.9 Å². The monoisotopic (exact) mass is 239 g/mol. The van der Waals surface area contributed by atoms with Gasteiger partial charge in [-0.25, -0.2) is 0 Å². The molecule has 0 aliphatic heterocycles. The molecule has 0 aromatic heterocycles. The molecule has 0 amide bonds. The third-order valence-electron chi connectivity index (χ3n) is 1.64. The van der Waals surface area contributed by atoms with Crippen LogP contribution < -0.4 is 0 Å². The topological polar surface area (TPSA) is 48.8 Å². The minimum Gasteiger partial charge on any atom is -0.121 e. The van der Waals surface area contributed by atoms with Crippen molar-refractivity contribution >= 4 is 23.2 Å². The average molecular weight is 240 g/mol. The van der Waals surface area contributed by atoms with Gasteiger partial charge in [-0.15, -0.1) is 11.6 Å². The second-order valence-corrected chi connectivity index (χ2v) is 3.31. The summed E-state index contributed by atoms with van der Waals surface area (Å²) in [4.78, 5) is 2.59. The molecule has 0 N–H and O–H groups in total. The molecule has 0 radical (unpaired) electrons. The number of benzene rings is 1. The molecule has 3 nitrogen and oxygen atoms in total. The van der Waals surface area contributed by atoms with Crippen molar-refractivity contribution in [2.45, 2.75) is 5.88 Å². The summed E-state index contributed by atoms with van der Waals surface area (Å²) in [5, 5.41) is 3.93. The maximum Gasteiger partial charge on any atom is 0.0880 e. The van der Waals surface area contributed by atoms with E-state index < -0.39 is 0 Å². The molecule has 0 aliphatic carbocycles. The normalized spacial score (nSPS) is 8.67. The summed E-state index contributed by atoms with van der Waals surface area (Å²) in [5.41, 5.74) is 9.69. The number of alkyl halides is 1. The van der Waals surface area contributed by atoms with Crippen molar-refractivity contribution in [3.8, 4) is 11.8 Å². The molecular formula is C10H7Cl2N3. The fourth-order valence-electron chi connectivity index (χ4n) is 0.963. The molecule has 76 valence electrons. The van der Waals surface area contributed by atoms with Crippen LogP contribution >= 0.6 is 23.2 Å². The van der Waals surface area contributed by atoms with Crippen LogP contribution in [-0.2, 0) is 5.88 Å². The van der Waals surface area contributed by atoms with E-state index in [1.54, 1.807) is 12.1 Å². The van der Waals surface area contributed by atoms with E-state index in [2.05, 4.69) is 21.9 Å². The Morgan fingerprint density at radius 1 is 1.47 bits per heavy atom. The van der Waals surface area contributed by atoms with E-state index in [9.17, 15) is 0 Å². The van der Waals surface area contributed by atoms with Crippen molar-refractivity contribution in [3.63, 3.8) is 0 Å². The van der Waals surface area contributed by atoms with Gasteiger partial charge in [0, 0.05) is 21.4 Å². The van der Waals surface area contributed by atoms with Gasteiger partial charge in [-0.3, -0.25) is 0 Å². The Morgan fingerprint density at radius 3 is 2.93 bits per heavy atom. The van der Waals surface area contributed by atoms with Crippen molar-refractivity contribution in [3.05, 3.63) is 44.8 Å². The fourth-order valence-corrected chi connectivity index (χ4v) is 1.44. The lowest BCUT2D eigenvalue weighted by atomic mass is 10.1. The highest BCUT2D eigenvalue weighted by molar-refractivity contribution is 6.32. The molecule has 0 saturated heterocycles. The van der Waals surface area contributed by atoms with Crippen LogP contribution in [0.1, 0.15) is 11.1 Å². The first kappa shape index (κ1) is 11.7. The van der Waals surface area contributed by atoms with Gasteiger partial charge in [0.1, 0.15) is 0 Å². The van der Waals surface area contributed by atoms with Crippen LogP contribution in [0, 0.1) is 11.8 Å². The molecule has 0 unspecified atom stereocenters. The van der Waals surface area contributed by atoms with Crippen molar-refractivity contribution in [1.82, 2.24) is 0 Å².